The van der Waals surface area contributed by atoms with E-state index in [9.17, 15) is 9.90 Å². The summed E-state index contributed by atoms with van der Waals surface area (Å²) in [6, 6.07) is 9.00. The van der Waals surface area contributed by atoms with Crippen molar-refractivity contribution in [2.75, 3.05) is 11.9 Å². The number of fused-ring (bicyclic) bond motifs is 1. The third kappa shape index (κ3) is 4.14. The van der Waals surface area contributed by atoms with Crippen LogP contribution < -0.4 is 9.64 Å². The first-order valence-electron chi connectivity index (χ1n) is 10.8. The predicted molar refractivity (Wildman–Crippen MR) is 129 cm³/mol. The number of ether oxygens (including phenoxy) is 1. The van der Waals surface area contributed by atoms with Crippen LogP contribution in [0, 0.1) is 6.92 Å². The second-order valence-corrected chi connectivity index (χ2v) is 9.16. The average molecular weight is 479 g/mol. The van der Waals surface area contributed by atoms with Crippen LogP contribution in [0.15, 0.2) is 42.9 Å². The maximum atomic E-state index is 11.4. The molecule has 174 valence electrons. The summed E-state index contributed by atoms with van der Waals surface area (Å²) in [5.74, 6) is 1.000. The van der Waals surface area contributed by atoms with Gasteiger partial charge in [0, 0.05) is 24.5 Å². The van der Waals surface area contributed by atoms with Crippen molar-refractivity contribution in [1.82, 2.24) is 24.5 Å². The molecule has 5 rings (SSSR count). The first kappa shape index (κ1) is 22.1. The maximum absolute atomic E-state index is 11.4. The summed E-state index contributed by atoms with van der Waals surface area (Å²) in [6.07, 6.45) is 4.09. The lowest BCUT2D eigenvalue weighted by Crippen LogP contribution is -2.23. The van der Waals surface area contributed by atoms with Crippen molar-refractivity contribution in [3.63, 3.8) is 0 Å². The minimum atomic E-state index is -1.08. The summed E-state index contributed by atoms with van der Waals surface area (Å²) in [6.45, 7) is 4.47. The topological polar surface area (TPSA) is 106 Å². The Morgan fingerprint density at radius 2 is 2.03 bits per heavy atom. The Labute approximate surface area is 201 Å². The van der Waals surface area contributed by atoms with Crippen molar-refractivity contribution in [3.8, 4) is 17.3 Å². The van der Waals surface area contributed by atoms with E-state index in [4.69, 9.17) is 21.3 Å². The number of nitrogens with zero attached hydrogens (tertiary/aromatic N) is 6. The Morgan fingerprint density at radius 1 is 1.24 bits per heavy atom. The van der Waals surface area contributed by atoms with E-state index in [2.05, 4.69) is 15.0 Å². The molecule has 0 aliphatic heterocycles. The Hall–Kier alpha value is -3.72. The van der Waals surface area contributed by atoms with Gasteiger partial charge in [-0.25, -0.2) is 14.8 Å². The lowest BCUT2D eigenvalue weighted by atomic mass is 10.1. The van der Waals surface area contributed by atoms with Crippen LogP contribution in [0.4, 0.5) is 10.5 Å². The van der Waals surface area contributed by atoms with E-state index in [1.54, 1.807) is 24.4 Å². The summed E-state index contributed by atoms with van der Waals surface area (Å²) >= 11 is 6.64. The zero-order valence-electron chi connectivity index (χ0n) is 19.0. The van der Waals surface area contributed by atoms with Crippen LogP contribution in [0.5, 0.6) is 5.88 Å². The predicted octanol–water partition coefficient (Wildman–Crippen LogP) is 4.94. The van der Waals surface area contributed by atoms with Crippen molar-refractivity contribution >= 4 is 34.5 Å². The highest BCUT2D eigenvalue weighted by atomic mass is 35.5. The standard InChI is InChI=1S/C24H23ClN6O3/c1-14-6-9-26-15(10-14)12-31-20(17-5-4-16(11-18(17)25)30(3)23(32)33)29-19-21(31)27-13-28-22(19)34-24(2)7-8-24/h4-6,9-11,13H,7-8,12H2,1-3H3,(H,32,33). The largest absolute Gasteiger partial charge is 0.470 e. The molecule has 1 aliphatic rings. The van der Waals surface area contributed by atoms with Crippen LogP contribution in [0.1, 0.15) is 31.0 Å². The van der Waals surface area contributed by atoms with Gasteiger partial charge in [0.05, 0.1) is 17.3 Å². The van der Waals surface area contributed by atoms with Gasteiger partial charge >= 0.3 is 6.09 Å². The molecule has 4 aromatic rings. The van der Waals surface area contributed by atoms with E-state index in [-0.39, 0.29) is 5.60 Å². The number of amides is 1. The second-order valence-electron chi connectivity index (χ2n) is 8.75. The van der Waals surface area contributed by atoms with Gasteiger partial charge in [0.2, 0.25) is 5.88 Å². The SMILES string of the molecule is Cc1ccnc(Cn2c(-c3ccc(N(C)C(=O)O)cc3Cl)nc3c(OC4(C)CC4)ncnc32)c1. The molecule has 0 atom stereocenters. The number of halogens is 1. The van der Waals surface area contributed by atoms with Gasteiger partial charge in [-0.1, -0.05) is 11.6 Å². The molecule has 1 N–H and O–H groups in total. The number of rotatable bonds is 6. The Morgan fingerprint density at radius 3 is 2.71 bits per heavy atom. The highest BCUT2D eigenvalue weighted by molar-refractivity contribution is 6.33. The van der Waals surface area contributed by atoms with Gasteiger partial charge in [-0.2, -0.15) is 4.98 Å². The smallest absolute Gasteiger partial charge is 0.411 e. The number of carboxylic acid groups (broad SMARTS) is 1. The van der Waals surface area contributed by atoms with Crippen molar-refractivity contribution in [1.29, 1.82) is 0 Å². The Bertz CT molecular complexity index is 1420. The molecule has 10 heteroatoms. The Balaban J connectivity index is 1.67. The van der Waals surface area contributed by atoms with Crippen LogP contribution >= 0.6 is 11.6 Å². The monoisotopic (exact) mass is 478 g/mol. The number of aryl methyl sites for hydroxylation is 1. The third-order valence-electron chi connectivity index (χ3n) is 5.96. The number of benzene rings is 1. The molecular weight excluding hydrogens is 456 g/mol. The van der Waals surface area contributed by atoms with E-state index in [0.29, 0.717) is 45.7 Å². The first-order valence-corrected chi connectivity index (χ1v) is 11.2. The molecule has 0 saturated heterocycles. The van der Waals surface area contributed by atoms with Crippen molar-refractivity contribution in [2.24, 2.45) is 0 Å². The van der Waals surface area contributed by atoms with Gasteiger partial charge in [0.15, 0.2) is 11.2 Å². The summed E-state index contributed by atoms with van der Waals surface area (Å²) < 4.78 is 8.09. The number of hydrogen-bond donors (Lipinski definition) is 1. The molecule has 34 heavy (non-hydrogen) atoms. The van der Waals surface area contributed by atoms with Crippen molar-refractivity contribution in [3.05, 3.63) is 59.1 Å². The Kier molecular flexibility index (Phi) is 5.36. The average Bonchev–Trinajstić information content (AvgIpc) is 3.41. The molecule has 0 radical (unpaired) electrons. The number of anilines is 1. The number of pyridine rings is 1. The lowest BCUT2D eigenvalue weighted by Gasteiger charge is -2.15. The molecular formula is C24H23ClN6O3. The van der Waals surface area contributed by atoms with E-state index < -0.39 is 6.09 Å². The summed E-state index contributed by atoms with van der Waals surface area (Å²) in [5.41, 5.74) is 3.94. The van der Waals surface area contributed by atoms with Crippen molar-refractivity contribution in [2.45, 2.75) is 38.8 Å². The zero-order chi connectivity index (χ0) is 24.0. The molecule has 1 fully saturated rings. The van der Waals surface area contributed by atoms with Crippen LogP contribution in [-0.4, -0.2) is 48.4 Å². The molecule has 1 saturated carbocycles. The highest BCUT2D eigenvalue weighted by Crippen LogP contribution is 2.41. The molecule has 1 aromatic carbocycles. The van der Waals surface area contributed by atoms with Gasteiger partial charge in [-0.15, -0.1) is 0 Å². The van der Waals surface area contributed by atoms with Gasteiger partial charge in [0.1, 0.15) is 17.8 Å². The fraction of sp³-hybridized carbons (Fsp3) is 0.292. The number of imidazole rings is 1. The van der Waals surface area contributed by atoms with Gasteiger partial charge in [-0.3, -0.25) is 9.88 Å². The quantitative estimate of drug-likeness (QED) is 0.418. The van der Waals surface area contributed by atoms with E-state index in [0.717, 1.165) is 29.0 Å². The van der Waals surface area contributed by atoms with Crippen LogP contribution in [-0.2, 0) is 6.54 Å². The number of carbonyl (C=O) groups is 1. The van der Waals surface area contributed by atoms with Crippen molar-refractivity contribution < 1.29 is 14.6 Å². The lowest BCUT2D eigenvalue weighted by molar-refractivity contribution is 0.194. The third-order valence-corrected chi connectivity index (χ3v) is 6.27. The fourth-order valence-electron chi connectivity index (χ4n) is 3.71. The zero-order valence-corrected chi connectivity index (χ0v) is 19.7. The first-order chi connectivity index (χ1) is 16.2. The molecule has 3 heterocycles. The number of hydrogen-bond acceptors (Lipinski definition) is 6. The molecule has 1 amide bonds. The molecule has 3 aromatic heterocycles. The van der Waals surface area contributed by atoms with Gasteiger partial charge in [-0.05, 0) is 62.6 Å². The van der Waals surface area contributed by atoms with Crippen LogP contribution in [0.2, 0.25) is 5.02 Å². The van der Waals surface area contributed by atoms with Crippen LogP contribution in [0.3, 0.4) is 0 Å². The van der Waals surface area contributed by atoms with E-state index in [1.807, 2.05) is 30.5 Å². The number of aromatic nitrogens is 5. The highest BCUT2D eigenvalue weighted by Gasteiger charge is 2.41. The summed E-state index contributed by atoms with van der Waals surface area (Å²) in [4.78, 5) is 30.7. The summed E-state index contributed by atoms with van der Waals surface area (Å²) in [7, 11) is 1.46. The minimum absolute atomic E-state index is 0.232. The van der Waals surface area contributed by atoms with E-state index in [1.165, 1.54) is 13.4 Å². The van der Waals surface area contributed by atoms with Crippen LogP contribution in [0.25, 0.3) is 22.6 Å². The molecule has 1 aliphatic carbocycles. The van der Waals surface area contributed by atoms with Gasteiger partial charge in [0.25, 0.3) is 0 Å². The maximum Gasteiger partial charge on any atom is 0.411 e. The molecule has 0 bridgehead atoms. The molecule has 9 nitrogen and oxygen atoms in total. The van der Waals surface area contributed by atoms with E-state index >= 15 is 0 Å². The molecule has 0 spiro atoms. The summed E-state index contributed by atoms with van der Waals surface area (Å²) in [5, 5.41) is 9.66. The van der Waals surface area contributed by atoms with Gasteiger partial charge < -0.3 is 14.4 Å². The minimum Gasteiger partial charge on any atom is -0.470 e. The normalized spacial score (nSPS) is 14.2. The second kappa shape index (κ2) is 8.25. The molecule has 0 unspecified atom stereocenters. The fourth-order valence-corrected chi connectivity index (χ4v) is 3.97.